The molecule has 4 aromatic rings. The lowest BCUT2D eigenvalue weighted by Gasteiger charge is -2.34. The second-order valence-electron chi connectivity index (χ2n) is 9.02. The van der Waals surface area contributed by atoms with Gasteiger partial charge in [0.15, 0.2) is 11.5 Å². The number of hydrogen-bond acceptors (Lipinski definition) is 6. The summed E-state index contributed by atoms with van der Waals surface area (Å²) in [4.78, 5) is 18.1. The molecule has 1 saturated carbocycles. The van der Waals surface area contributed by atoms with Crippen molar-refractivity contribution in [3.8, 4) is 11.3 Å². The molecule has 0 aliphatic heterocycles. The predicted octanol–water partition coefficient (Wildman–Crippen LogP) is 3.48. The maximum absolute atomic E-state index is 13.1. The fraction of sp³-hybridized carbons (Fsp3) is 0.478. The number of nitrogens with one attached hydrogen (secondary N) is 1. The maximum Gasteiger partial charge on any atom is 0.256 e. The number of halogens is 2. The average molecular weight is 472 g/mol. The van der Waals surface area contributed by atoms with Gasteiger partial charge in [-0.2, -0.15) is 4.98 Å². The smallest absolute Gasteiger partial charge is 0.256 e. The number of fused-ring (bicyclic) bond motifs is 2. The molecular weight excluding hydrogens is 442 g/mol. The van der Waals surface area contributed by atoms with E-state index in [4.69, 9.17) is 16.8 Å². The molecule has 1 aliphatic carbocycles. The van der Waals surface area contributed by atoms with Gasteiger partial charge in [0.05, 0.1) is 25.3 Å². The first-order valence-corrected chi connectivity index (χ1v) is 11.3. The minimum Gasteiger partial charge on any atom is -0.382 e. The van der Waals surface area contributed by atoms with Crippen LogP contribution in [0.3, 0.4) is 0 Å². The number of pyridine rings is 1. The number of aromatic amines is 1. The van der Waals surface area contributed by atoms with E-state index < -0.39 is 13.0 Å². The van der Waals surface area contributed by atoms with Crippen molar-refractivity contribution in [2.24, 2.45) is 4.99 Å². The molecule has 3 N–H and O–H groups in total. The molecule has 1 aliphatic rings. The van der Waals surface area contributed by atoms with Crippen molar-refractivity contribution in [2.75, 3.05) is 12.8 Å². The Balaban J connectivity index is 1.55. The molecule has 0 bridgehead atoms. The first-order valence-electron chi connectivity index (χ1n) is 11.8. The zero-order valence-electron chi connectivity index (χ0n) is 20.3. The number of nitrogen functional groups attached to an aromatic ring is 1. The number of imidazole rings is 1. The lowest BCUT2D eigenvalue weighted by molar-refractivity contribution is -0.0266. The highest BCUT2D eigenvalue weighted by atomic mass is 19.3. The molecule has 34 heavy (non-hydrogen) atoms. The Morgan fingerprint density at radius 3 is 2.76 bits per heavy atom. The van der Waals surface area contributed by atoms with E-state index in [1.54, 1.807) is 32.2 Å². The Morgan fingerprint density at radius 2 is 2.06 bits per heavy atom. The maximum atomic E-state index is 13.1. The minimum absolute atomic E-state index is 0.0884. The summed E-state index contributed by atoms with van der Waals surface area (Å²) in [5.41, 5.74) is 8.98. The highest BCUT2D eigenvalue weighted by molar-refractivity contribution is 5.88. The molecular formula is C23H28F2N8O. The summed E-state index contributed by atoms with van der Waals surface area (Å²) >= 11 is 0. The second-order valence-corrected chi connectivity index (χ2v) is 9.02. The van der Waals surface area contributed by atoms with Crippen molar-refractivity contribution >= 4 is 22.5 Å². The number of aromatic nitrogens is 6. The van der Waals surface area contributed by atoms with E-state index in [2.05, 4.69) is 27.0 Å². The van der Waals surface area contributed by atoms with Crippen molar-refractivity contribution in [2.45, 2.75) is 64.1 Å². The molecule has 4 aromatic heterocycles. The zero-order chi connectivity index (χ0) is 24.9. The number of ether oxygens (including phenoxy) is 1. The van der Waals surface area contributed by atoms with Gasteiger partial charge in [0.25, 0.3) is 6.43 Å². The van der Waals surface area contributed by atoms with Gasteiger partial charge in [0, 0.05) is 18.8 Å². The largest absolute Gasteiger partial charge is 0.382 e. The third kappa shape index (κ3) is 4.04. The van der Waals surface area contributed by atoms with Gasteiger partial charge in [-0.1, -0.05) is 0 Å². The zero-order valence-corrected chi connectivity index (χ0v) is 19.3. The third-order valence-corrected chi connectivity index (χ3v) is 6.69. The Morgan fingerprint density at radius 1 is 1.29 bits per heavy atom. The first kappa shape index (κ1) is 21.2. The van der Waals surface area contributed by atoms with Crippen LogP contribution in [-0.2, 0) is 11.3 Å². The number of alkyl halides is 2. The topological polar surface area (TPSA) is 111 Å². The van der Waals surface area contributed by atoms with Gasteiger partial charge in [0.1, 0.15) is 16.9 Å². The van der Waals surface area contributed by atoms with Crippen LogP contribution in [0.2, 0.25) is 0 Å². The SMILES string of the molecule is [2H]c1cc(-c2ccc3nc(C)n(CC(F)F)c3n2)c2c(N)nc(=NC3CCC(C)(OC)CC3)[nH]n12. The average Bonchev–Trinajstić information content (AvgIpc) is 3.31. The lowest BCUT2D eigenvalue weighted by atomic mass is 9.84. The number of methoxy groups -OCH3 is 1. The van der Waals surface area contributed by atoms with Gasteiger partial charge in [-0.25, -0.2) is 23.7 Å². The van der Waals surface area contributed by atoms with Gasteiger partial charge in [0.2, 0.25) is 5.62 Å². The van der Waals surface area contributed by atoms with Crippen molar-refractivity contribution in [1.82, 2.24) is 29.1 Å². The number of anilines is 1. The summed E-state index contributed by atoms with van der Waals surface area (Å²) in [6, 6.07) is 5.18. The molecule has 0 amide bonds. The minimum atomic E-state index is -2.53. The van der Waals surface area contributed by atoms with Crippen LogP contribution in [-0.4, -0.2) is 54.3 Å². The second kappa shape index (κ2) is 8.46. The summed E-state index contributed by atoms with van der Waals surface area (Å²) in [5.74, 6) is 0.662. The van der Waals surface area contributed by atoms with Crippen LogP contribution in [0.1, 0.15) is 39.8 Å². The quantitative estimate of drug-likeness (QED) is 0.463. The van der Waals surface area contributed by atoms with Crippen molar-refractivity contribution in [3.05, 3.63) is 35.8 Å². The Hall–Kier alpha value is -3.34. The molecule has 5 rings (SSSR count). The van der Waals surface area contributed by atoms with E-state index in [-0.39, 0.29) is 23.6 Å². The summed E-state index contributed by atoms with van der Waals surface area (Å²) in [7, 11) is 1.74. The normalized spacial score (nSPS) is 22.2. The van der Waals surface area contributed by atoms with E-state index in [0.717, 1.165) is 25.7 Å². The number of nitrogens with two attached hydrogens (primary N) is 1. The molecule has 0 spiro atoms. The molecule has 0 aromatic carbocycles. The molecule has 4 heterocycles. The van der Waals surface area contributed by atoms with E-state index in [1.165, 1.54) is 9.08 Å². The molecule has 0 radical (unpaired) electrons. The Labute approximate surface area is 196 Å². The predicted molar refractivity (Wildman–Crippen MR) is 124 cm³/mol. The summed E-state index contributed by atoms with van der Waals surface area (Å²) < 4.78 is 43.2. The fourth-order valence-corrected chi connectivity index (χ4v) is 4.61. The number of aryl methyl sites for hydroxylation is 1. The molecule has 1 fully saturated rings. The molecule has 0 unspecified atom stereocenters. The van der Waals surface area contributed by atoms with Crippen LogP contribution in [0, 0.1) is 6.92 Å². The molecule has 9 nitrogen and oxygen atoms in total. The van der Waals surface area contributed by atoms with Gasteiger partial charge in [-0.3, -0.25) is 9.61 Å². The fourth-order valence-electron chi connectivity index (χ4n) is 4.61. The number of hydrogen-bond donors (Lipinski definition) is 2. The van der Waals surface area contributed by atoms with Crippen LogP contribution in [0.5, 0.6) is 0 Å². The molecule has 0 atom stereocenters. The number of H-pyrrole nitrogens is 1. The van der Waals surface area contributed by atoms with Crippen molar-refractivity contribution in [1.29, 1.82) is 0 Å². The van der Waals surface area contributed by atoms with E-state index >= 15 is 0 Å². The standard InChI is InChI=1S/C23H28F2N8O/c1-13-27-17-5-4-16(29-21(17)32(13)12-18(24)25)15-8-11-33-19(15)20(26)30-22(31-33)28-14-6-9-23(2,34-3)10-7-14/h4-5,8,11,14,18H,6-7,9-10,12H2,1-3H3,(H3,26,28,30,31)/i11D. The van der Waals surface area contributed by atoms with Crippen LogP contribution >= 0.6 is 0 Å². The molecule has 11 heteroatoms. The van der Waals surface area contributed by atoms with Gasteiger partial charge < -0.3 is 15.0 Å². The first-order chi connectivity index (χ1) is 16.7. The van der Waals surface area contributed by atoms with E-state index in [0.29, 0.717) is 39.4 Å². The van der Waals surface area contributed by atoms with Crippen molar-refractivity contribution in [3.63, 3.8) is 0 Å². The summed E-state index contributed by atoms with van der Waals surface area (Å²) in [6.45, 7) is 3.29. The Kier molecular flexibility index (Phi) is 5.28. The number of rotatable bonds is 5. The highest BCUT2D eigenvalue weighted by Crippen LogP contribution is 2.32. The van der Waals surface area contributed by atoms with Gasteiger partial charge in [-0.05, 0) is 57.7 Å². The highest BCUT2D eigenvalue weighted by Gasteiger charge is 2.30. The van der Waals surface area contributed by atoms with Gasteiger partial charge in [-0.15, -0.1) is 0 Å². The monoisotopic (exact) mass is 471 g/mol. The van der Waals surface area contributed by atoms with E-state index in [1.807, 2.05) is 0 Å². The number of nitrogens with zero attached hydrogens (tertiary/aromatic N) is 6. The van der Waals surface area contributed by atoms with Crippen LogP contribution in [0.15, 0.2) is 29.4 Å². The van der Waals surface area contributed by atoms with Crippen LogP contribution in [0.4, 0.5) is 14.6 Å². The lowest BCUT2D eigenvalue weighted by Crippen LogP contribution is -2.35. The molecule has 0 saturated heterocycles. The van der Waals surface area contributed by atoms with Crippen LogP contribution < -0.4 is 11.4 Å². The van der Waals surface area contributed by atoms with Crippen molar-refractivity contribution < 1.29 is 14.9 Å². The van der Waals surface area contributed by atoms with Gasteiger partial charge >= 0.3 is 0 Å². The summed E-state index contributed by atoms with van der Waals surface area (Å²) in [6.07, 6.45) is 1.17. The Bertz CT molecular complexity index is 1470. The molecule has 180 valence electrons. The van der Waals surface area contributed by atoms with Crippen LogP contribution in [0.25, 0.3) is 27.9 Å². The third-order valence-electron chi connectivity index (χ3n) is 6.69. The van der Waals surface area contributed by atoms with E-state index in [9.17, 15) is 8.78 Å². The summed E-state index contributed by atoms with van der Waals surface area (Å²) in [5, 5.41) is 3.08.